The van der Waals surface area contributed by atoms with E-state index in [9.17, 15) is 14.4 Å². The third-order valence-electron chi connectivity index (χ3n) is 2.74. The number of likely N-dealkylation sites (tertiary alicyclic amines) is 1. The summed E-state index contributed by atoms with van der Waals surface area (Å²) in [7, 11) is 0. The van der Waals surface area contributed by atoms with Crippen LogP contribution in [0, 0.1) is 0 Å². The van der Waals surface area contributed by atoms with Crippen molar-refractivity contribution in [3.05, 3.63) is 0 Å². The molecule has 2 heterocycles. The summed E-state index contributed by atoms with van der Waals surface area (Å²) in [6.45, 7) is 0.481. The Morgan fingerprint density at radius 3 is 2.75 bits per heavy atom. The fourth-order valence-corrected chi connectivity index (χ4v) is 2.87. The predicted octanol–water partition coefficient (Wildman–Crippen LogP) is -0.159. The molecule has 2 fully saturated rings. The van der Waals surface area contributed by atoms with E-state index < -0.39 is 12.1 Å². The highest BCUT2D eigenvalue weighted by Crippen LogP contribution is 2.21. The van der Waals surface area contributed by atoms with Crippen molar-refractivity contribution in [1.82, 2.24) is 9.80 Å². The number of amides is 2. The molecule has 2 saturated heterocycles. The monoisotopic (exact) mass is 244 g/mol. The molecule has 0 saturated carbocycles. The molecule has 0 aliphatic carbocycles. The Morgan fingerprint density at radius 2 is 2.19 bits per heavy atom. The molecular formula is C9H12N2O4S. The summed E-state index contributed by atoms with van der Waals surface area (Å²) < 4.78 is 0. The van der Waals surface area contributed by atoms with Crippen LogP contribution in [0.4, 0.5) is 4.79 Å². The van der Waals surface area contributed by atoms with E-state index >= 15 is 0 Å². The average molecular weight is 244 g/mol. The van der Waals surface area contributed by atoms with Crippen molar-refractivity contribution in [2.45, 2.75) is 12.5 Å². The highest BCUT2D eigenvalue weighted by molar-refractivity contribution is 7.99. The normalized spacial score (nSPS) is 25.2. The van der Waals surface area contributed by atoms with Gasteiger partial charge in [0, 0.05) is 18.7 Å². The van der Waals surface area contributed by atoms with Crippen LogP contribution in [0.3, 0.4) is 0 Å². The lowest BCUT2D eigenvalue weighted by molar-refractivity contribution is -0.134. The smallest absolute Gasteiger partial charge is 0.408 e. The molecule has 0 aromatic carbocycles. The first-order valence-electron chi connectivity index (χ1n) is 4.97. The third kappa shape index (κ3) is 1.99. The molecular weight excluding hydrogens is 232 g/mol. The van der Waals surface area contributed by atoms with Gasteiger partial charge in [-0.15, -0.1) is 11.8 Å². The lowest BCUT2D eigenvalue weighted by Crippen LogP contribution is -2.46. The van der Waals surface area contributed by atoms with Crippen LogP contribution in [-0.2, 0) is 9.59 Å². The maximum atomic E-state index is 12.0. The first-order valence-corrected chi connectivity index (χ1v) is 6.13. The van der Waals surface area contributed by atoms with Crippen molar-refractivity contribution in [2.24, 2.45) is 0 Å². The summed E-state index contributed by atoms with van der Waals surface area (Å²) in [6.07, 6.45) is -1.18. The molecule has 0 radical (unpaired) electrons. The zero-order chi connectivity index (χ0) is 11.7. The minimum atomic E-state index is -1.20. The molecule has 0 bridgehead atoms. The van der Waals surface area contributed by atoms with Crippen LogP contribution in [0.2, 0.25) is 0 Å². The maximum absolute atomic E-state index is 12.0. The first-order chi connectivity index (χ1) is 7.59. The van der Waals surface area contributed by atoms with Crippen LogP contribution in [-0.4, -0.2) is 63.5 Å². The quantitative estimate of drug-likeness (QED) is 0.693. The number of rotatable bonds is 1. The maximum Gasteiger partial charge on any atom is 0.408 e. The molecule has 2 aliphatic rings. The SMILES string of the molecule is O=C1CC(C(=O)N2CCSC2)N(C(=O)O)C1. The van der Waals surface area contributed by atoms with Crippen molar-refractivity contribution in [3.8, 4) is 0 Å². The van der Waals surface area contributed by atoms with Gasteiger partial charge in [0.2, 0.25) is 5.91 Å². The number of hydrogen-bond acceptors (Lipinski definition) is 4. The van der Waals surface area contributed by atoms with Gasteiger partial charge in [-0.25, -0.2) is 4.79 Å². The van der Waals surface area contributed by atoms with E-state index in [-0.39, 0.29) is 24.7 Å². The minimum Gasteiger partial charge on any atom is -0.465 e. The Morgan fingerprint density at radius 1 is 1.44 bits per heavy atom. The second-order valence-corrected chi connectivity index (χ2v) is 4.88. The molecule has 7 heteroatoms. The van der Waals surface area contributed by atoms with Gasteiger partial charge in [-0.1, -0.05) is 0 Å². The standard InChI is InChI=1S/C9H12N2O4S/c12-6-3-7(11(4-6)9(14)15)8(13)10-1-2-16-5-10/h7H,1-5H2,(H,14,15). The van der Waals surface area contributed by atoms with Gasteiger partial charge in [-0.05, 0) is 0 Å². The van der Waals surface area contributed by atoms with E-state index in [0.29, 0.717) is 12.4 Å². The summed E-state index contributed by atoms with van der Waals surface area (Å²) in [5.41, 5.74) is 0. The molecule has 0 aromatic heterocycles. The second kappa shape index (κ2) is 4.32. The second-order valence-electron chi connectivity index (χ2n) is 3.81. The van der Waals surface area contributed by atoms with Gasteiger partial charge in [0.15, 0.2) is 5.78 Å². The number of ketones is 1. The van der Waals surface area contributed by atoms with E-state index in [2.05, 4.69) is 0 Å². The summed E-state index contributed by atoms with van der Waals surface area (Å²) in [5.74, 6) is 1.04. The number of thioether (sulfide) groups is 1. The molecule has 0 aromatic rings. The van der Waals surface area contributed by atoms with Gasteiger partial charge in [-0.2, -0.15) is 0 Å². The lowest BCUT2D eigenvalue weighted by atomic mass is 10.2. The van der Waals surface area contributed by atoms with Gasteiger partial charge in [0.1, 0.15) is 6.04 Å². The van der Waals surface area contributed by atoms with Gasteiger partial charge in [0.25, 0.3) is 0 Å². The molecule has 6 nitrogen and oxygen atoms in total. The number of carbonyl (C=O) groups is 3. The predicted molar refractivity (Wildman–Crippen MR) is 57.2 cm³/mol. The lowest BCUT2D eigenvalue weighted by Gasteiger charge is -2.24. The minimum absolute atomic E-state index is 0.0201. The van der Waals surface area contributed by atoms with Crippen molar-refractivity contribution < 1.29 is 19.5 Å². The summed E-state index contributed by atoms with van der Waals surface area (Å²) >= 11 is 1.63. The molecule has 2 amide bonds. The average Bonchev–Trinajstić information content (AvgIpc) is 2.84. The molecule has 1 atom stereocenters. The number of carbonyl (C=O) groups excluding carboxylic acids is 2. The molecule has 1 N–H and O–H groups in total. The van der Waals surface area contributed by atoms with Crippen molar-refractivity contribution >= 4 is 29.5 Å². The fraction of sp³-hybridized carbons (Fsp3) is 0.667. The Hall–Kier alpha value is -1.24. The van der Waals surface area contributed by atoms with Gasteiger partial charge in [0.05, 0.1) is 12.4 Å². The first kappa shape index (κ1) is 11.3. The Labute approximate surface area is 96.6 Å². The number of nitrogens with zero attached hydrogens (tertiary/aromatic N) is 2. The van der Waals surface area contributed by atoms with Crippen LogP contribution >= 0.6 is 11.8 Å². The van der Waals surface area contributed by atoms with Crippen LogP contribution in [0.15, 0.2) is 0 Å². The van der Waals surface area contributed by atoms with Crippen LogP contribution in [0.1, 0.15) is 6.42 Å². The highest BCUT2D eigenvalue weighted by Gasteiger charge is 2.41. The Balaban J connectivity index is 2.09. The van der Waals surface area contributed by atoms with Crippen molar-refractivity contribution in [2.75, 3.05) is 24.7 Å². The third-order valence-corrected chi connectivity index (χ3v) is 3.70. The van der Waals surface area contributed by atoms with Crippen LogP contribution in [0.25, 0.3) is 0 Å². The zero-order valence-corrected chi connectivity index (χ0v) is 9.40. The summed E-state index contributed by atoms with van der Waals surface area (Å²) in [5, 5.41) is 8.89. The largest absolute Gasteiger partial charge is 0.465 e. The Kier molecular flexibility index (Phi) is 3.04. The summed E-state index contributed by atoms with van der Waals surface area (Å²) in [4.78, 5) is 36.6. The molecule has 0 spiro atoms. The molecule has 2 aliphatic heterocycles. The van der Waals surface area contributed by atoms with Crippen LogP contribution in [0.5, 0.6) is 0 Å². The van der Waals surface area contributed by atoms with E-state index in [0.717, 1.165) is 10.7 Å². The fourth-order valence-electron chi connectivity index (χ4n) is 1.91. The highest BCUT2D eigenvalue weighted by atomic mass is 32.2. The number of Topliss-reactive ketones (excluding diaryl/α,β-unsaturated/α-hetero) is 1. The molecule has 2 rings (SSSR count). The van der Waals surface area contributed by atoms with E-state index in [1.54, 1.807) is 16.7 Å². The number of hydrogen-bond donors (Lipinski definition) is 1. The van der Waals surface area contributed by atoms with E-state index in [1.807, 2.05) is 0 Å². The molecule has 16 heavy (non-hydrogen) atoms. The molecule has 88 valence electrons. The zero-order valence-electron chi connectivity index (χ0n) is 8.59. The van der Waals surface area contributed by atoms with E-state index in [4.69, 9.17) is 5.11 Å². The molecule has 1 unspecified atom stereocenters. The summed E-state index contributed by atoms with van der Waals surface area (Å²) in [6, 6.07) is -0.802. The number of carboxylic acid groups (broad SMARTS) is 1. The van der Waals surface area contributed by atoms with Gasteiger partial charge < -0.3 is 10.0 Å². The van der Waals surface area contributed by atoms with Crippen molar-refractivity contribution in [1.29, 1.82) is 0 Å². The van der Waals surface area contributed by atoms with Gasteiger partial charge >= 0.3 is 6.09 Å². The van der Waals surface area contributed by atoms with Crippen LogP contribution < -0.4 is 0 Å². The van der Waals surface area contributed by atoms with E-state index in [1.165, 1.54) is 0 Å². The topological polar surface area (TPSA) is 77.9 Å². The Bertz CT molecular complexity index is 340. The van der Waals surface area contributed by atoms with Crippen molar-refractivity contribution in [3.63, 3.8) is 0 Å². The van der Waals surface area contributed by atoms with Gasteiger partial charge in [-0.3, -0.25) is 14.5 Å².